The van der Waals surface area contributed by atoms with Gasteiger partial charge in [0, 0.05) is 18.2 Å². The molecule has 0 spiro atoms. The van der Waals surface area contributed by atoms with Crippen molar-refractivity contribution in [3.63, 3.8) is 0 Å². The summed E-state index contributed by atoms with van der Waals surface area (Å²) in [6.07, 6.45) is 1.79. The number of rotatable bonds is 4. The van der Waals surface area contributed by atoms with Gasteiger partial charge in [-0.05, 0) is 36.1 Å². The molecule has 0 amide bonds. The average molecular weight is 272 g/mol. The monoisotopic (exact) mass is 272 g/mol. The zero-order valence-corrected chi connectivity index (χ0v) is 12.8. The maximum absolute atomic E-state index is 6.46. The lowest BCUT2D eigenvalue weighted by molar-refractivity contribution is -0.0282. The zero-order valence-electron chi connectivity index (χ0n) is 12.8. The molecule has 2 atom stereocenters. The van der Waals surface area contributed by atoms with Gasteiger partial charge in [-0.25, -0.2) is 0 Å². The van der Waals surface area contributed by atoms with E-state index in [2.05, 4.69) is 44.0 Å². The Hall–Kier alpha value is -1.45. The summed E-state index contributed by atoms with van der Waals surface area (Å²) in [7, 11) is 0. The van der Waals surface area contributed by atoms with Crippen LogP contribution in [0.3, 0.4) is 0 Å². The second-order valence-corrected chi connectivity index (χ2v) is 6.22. The fourth-order valence-corrected chi connectivity index (χ4v) is 2.55. The van der Waals surface area contributed by atoms with Crippen molar-refractivity contribution in [1.82, 2.24) is 4.98 Å². The van der Waals surface area contributed by atoms with Crippen LogP contribution in [0.2, 0.25) is 0 Å². The van der Waals surface area contributed by atoms with Gasteiger partial charge in [0.2, 0.25) is 0 Å². The molecule has 0 aliphatic heterocycles. The lowest BCUT2D eigenvalue weighted by atomic mass is 9.82. The van der Waals surface area contributed by atoms with E-state index in [4.69, 9.17) is 10.5 Å². The maximum atomic E-state index is 6.46. The number of pyridine rings is 1. The third-order valence-electron chi connectivity index (χ3n) is 3.54. The summed E-state index contributed by atoms with van der Waals surface area (Å²) in [5.41, 5.74) is 8.55. The van der Waals surface area contributed by atoms with Gasteiger partial charge in [0.15, 0.2) is 0 Å². The molecule has 3 heteroatoms. The number of fused-ring (bicyclic) bond motifs is 1. The highest BCUT2D eigenvalue weighted by Gasteiger charge is 2.31. The minimum absolute atomic E-state index is 0.000673. The second kappa shape index (κ2) is 5.90. The summed E-state index contributed by atoms with van der Waals surface area (Å²) in [6.45, 7) is 9.17. The number of benzene rings is 1. The van der Waals surface area contributed by atoms with E-state index < -0.39 is 0 Å². The van der Waals surface area contributed by atoms with Crippen LogP contribution >= 0.6 is 0 Å². The summed E-state index contributed by atoms with van der Waals surface area (Å²) in [4.78, 5) is 4.34. The lowest BCUT2D eigenvalue weighted by Crippen LogP contribution is -2.39. The van der Waals surface area contributed by atoms with Gasteiger partial charge < -0.3 is 10.5 Å². The van der Waals surface area contributed by atoms with Crippen LogP contribution in [0.25, 0.3) is 10.9 Å². The van der Waals surface area contributed by atoms with Crippen molar-refractivity contribution >= 4 is 10.9 Å². The van der Waals surface area contributed by atoms with E-state index in [-0.39, 0.29) is 17.6 Å². The molecule has 1 aromatic carbocycles. The van der Waals surface area contributed by atoms with Gasteiger partial charge in [0.1, 0.15) is 0 Å². The Labute approximate surface area is 121 Å². The predicted octanol–water partition coefficient (Wildman–Crippen LogP) is 3.69. The highest BCUT2D eigenvalue weighted by molar-refractivity contribution is 5.79. The molecule has 0 aliphatic rings. The number of hydrogen-bond donors (Lipinski definition) is 1. The van der Waals surface area contributed by atoms with E-state index in [1.54, 1.807) is 6.20 Å². The SMILES string of the molecule is CCOC(C(N)c1ccc2ncccc2c1)C(C)(C)C. The Balaban J connectivity index is 2.35. The fourth-order valence-electron chi connectivity index (χ4n) is 2.55. The van der Waals surface area contributed by atoms with Crippen LogP contribution in [0.15, 0.2) is 36.5 Å². The number of nitrogens with two attached hydrogens (primary N) is 1. The molecular formula is C17H24N2O. The first-order chi connectivity index (χ1) is 9.43. The molecule has 0 radical (unpaired) electrons. The molecule has 20 heavy (non-hydrogen) atoms. The quantitative estimate of drug-likeness (QED) is 0.923. The van der Waals surface area contributed by atoms with Gasteiger partial charge in [-0.3, -0.25) is 4.98 Å². The van der Waals surface area contributed by atoms with Crippen molar-refractivity contribution in [2.75, 3.05) is 6.61 Å². The normalized spacial score (nSPS) is 15.2. The highest BCUT2D eigenvalue weighted by atomic mass is 16.5. The van der Waals surface area contributed by atoms with Crippen LogP contribution in [0.5, 0.6) is 0 Å². The molecule has 2 aromatic rings. The average Bonchev–Trinajstić information content (AvgIpc) is 2.42. The summed E-state index contributed by atoms with van der Waals surface area (Å²) >= 11 is 0. The number of aromatic nitrogens is 1. The van der Waals surface area contributed by atoms with E-state index in [1.165, 1.54) is 0 Å². The lowest BCUT2D eigenvalue weighted by Gasteiger charge is -2.35. The second-order valence-electron chi connectivity index (χ2n) is 6.22. The molecule has 0 saturated carbocycles. The Morgan fingerprint density at radius 3 is 2.65 bits per heavy atom. The summed E-state index contributed by atoms with van der Waals surface area (Å²) in [5, 5.41) is 1.12. The maximum Gasteiger partial charge on any atom is 0.0815 e. The molecular weight excluding hydrogens is 248 g/mol. The molecule has 0 fully saturated rings. The molecule has 108 valence electrons. The summed E-state index contributed by atoms with van der Waals surface area (Å²) < 4.78 is 5.89. The third kappa shape index (κ3) is 3.17. The van der Waals surface area contributed by atoms with E-state index in [1.807, 2.05) is 19.1 Å². The van der Waals surface area contributed by atoms with Gasteiger partial charge in [0.05, 0.1) is 17.7 Å². The molecule has 0 aliphatic carbocycles. The van der Waals surface area contributed by atoms with Gasteiger partial charge in [-0.1, -0.05) is 32.9 Å². The Morgan fingerprint density at radius 2 is 2.00 bits per heavy atom. The topological polar surface area (TPSA) is 48.1 Å². The molecule has 2 unspecified atom stereocenters. The van der Waals surface area contributed by atoms with E-state index >= 15 is 0 Å². The minimum Gasteiger partial charge on any atom is -0.376 e. The van der Waals surface area contributed by atoms with Crippen molar-refractivity contribution in [1.29, 1.82) is 0 Å². The zero-order chi connectivity index (χ0) is 14.8. The van der Waals surface area contributed by atoms with Gasteiger partial charge >= 0.3 is 0 Å². The van der Waals surface area contributed by atoms with Crippen molar-refractivity contribution < 1.29 is 4.74 Å². The predicted molar refractivity (Wildman–Crippen MR) is 83.5 cm³/mol. The van der Waals surface area contributed by atoms with E-state index in [0.29, 0.717) is 6.61 Å². The van der Waals surface area contributed by atoms with E-state index in [0.717, 1.165) is 16.5 Å². The van der Waals surface area contributed by atoms with Gasteiger partial charge in [-0.2, -0.15) is 0 Å². The molecule has 0 saturated heterocycles. The van der Waals surface area contributed by atoms with Crippen LogP contribution in [0.1, 0.15) is 39.3 Å². The first kappa shape index (κ1) is 14.9. The van der Waals surface area contributed by atoms with Crippen molar-refractivity contribution in [3.8, 4) is 0 Å². The molecule has 1 aromatic heterocycles. The van der Waals surface area contributed by atoms with Crippen LogP contribution in [0.4, 0.5) is 0 Å². The number of nitrogens with zero attached hydrogens (tertiary/aromatic N) is 1. The summed E-state index contributed by atoms with van der Waals surface area (Å²) in [5.74, 6) is 0. The van der Waals surface area contributed by atoms with Crippen LogP contribution in [-0.2, 0) is 4.74 Å². The fraction of sp³-hybridized carbons (Fsp3) is 0.471. The number of hydrogen-bond acceptors (Lipinski definition) is 3. The largest absolute Gasteiger partial charge is 0.376 e. The molecule has 2 rings (SSSR count). The molecule has 0 bridgehead atoms. The van der Waals surface area contributed by atoms with Gasteiger partial charge in [0.25, 0.3) is 0 Å². The Morgan fingerprint density at radius 1 is 1.25 bits per heavy atom. The molecule has 3 nitrogen and oxygen atoms in total. The van der Waals surface area contributed by atoms with Crippen LogP contribution < -0.4 is 5.73 Å². The van der Waals surface area contributed by atoms with E-state index in [9.17, 15) is 0 Å². The highest BCUT2D eigenvalue weighted by Crippen LogP contribution is 2.32. The first-order valence-corrected chi connectivity index (χ1v) is 7.15. The van der Waals surface area contributed by atoms with Crippen LogP contribution in [-0.4, -0.2) is 17.7 Å². The molecule has 1 heterocycles. The van der Waals surface area contributed by atoms with Crippen molar-refractivity contribution in [2.45, 2.75) is 39.8 Å². The van der Waals surface area contributed by atoms with Gasteiger partial charge in [-0.15, -0.1) is 0 Å². The third-order valence-corrected chi connectivity index (χ3v) is 3.54. The smallest absolute Gasteiger partial charge is 0.0815 e. The standard InChI is InChI=1S/C17H24N2O/c1-5-20-16(17(2,3)4)15(18)13-8-9-14-12(11-13)7-6-10-19-14/h6-11,15-16H,5,18H2,1-4H3. The number of ether oxygens (including phenoxy) is 1. The Kier molecular flexibility index (Phi) is 4.41. The first-order valence-electron chi connectivity index (χ1n) is 7.15. The van der Waals surface area contributed by atoms with Crippen molar-refractivity contribution in [3.05, 3.63) is 42.1 Å². The Bertz CT molecular complexity index is 574. The molecule has 2 N–H and O–H groups in total. The summed E-state index contributed by atoms with van der Waals surface area (Å²) in [6, 6.07) is 10.1. The minimum atomic E-state index is -0.139. The van der Waals surface area contributed by atoms with Crippen molar-refractivity contribution in [2.24, 2.45) is 11.1 Å². The van der Waals surface area contributed by atoms with Crippen LogP contribution in [0, 0.1) is 5.41 Å².